The van der Waals surface area contributed by atoms with Gasteiger partial charge in [-0.15, -0.1) is 0 Å². The van der Waals surface area contributed by atoms with Gasteiger partial charge in [0.1, 0.15) is 5.75 Å². The number of carbonyl (C=O) groups is 2. The van der Waals surface area contributed by atoms with Crippen LogP contribution in [0.1, 0.15) is 26.3 Å². The van der Waals surface area contributed by atoms with Gasteiger partial charge in [0.2, 0.25) is 0 Å². The van der Waals surface area contributed by atoms with Crippen molar-refractivity contribution >= 4 is 29.8 Å². The monoisotopic (exact) mass is 399 g/mol. The Morgan fingerprint density at radius 2 is 1.57 bits per heavy atom. The molecule has 0 radical (unpaired) electrons. The van der Waals surface area contributed by atoms with Gasteiger partial charge in [0, 0.05) is 11.8 Å². The molecule has 3 aromatic carbocycles. The van der Waals surface area contributed by atoms with E-state index in [-0.39, 0.29) is 5.91 Å². The molecule has 0 saturated carbocycles. The molecule has 0 aliphatic rings. The van der Waals surface area contributed by atoms with Crippen molar-refractivity contribution in [3.63, 3.8) is 0 Å². The molecule has 0 fully saturated rings. The van der Waals surface area contributed by atoms with Crippen molar-refractivity contribution in [2.45, 2.75) is 0 Å². The van der Waals surface area contributed by atoms with Crippen LogP contribution in [-0.4, -0.2) is 25.1 Å². The van der Waals surface area contributed by atoms with Gasteiger partial charge in [-0.3, -0.25) is 9.59 Å². The van der Waals surface area contributed by atoms with E-state index in [1.165, 1.54) is 6.21 Å². The Kier molecular flexibility index (Phi) is 7.11. The number of hydrogen-bond acceptors (Lipinski definition) is 4. The number of benzene rings is 3. The van der Waals surface area contributed by atoms with E-state index >= 15 is 0 Å². The third-order valence-electron chi connectivity index (χ3n) is 4.19. The minimum Gasteiger partial charge on any atom is -0.497 e. The Morgan fingerprint density at radius 3 is 2.30 bits per heavy atom. The van der Waals surface area contributed by atoms with Gasteiger partial charge in [0.15, 0.2) is 0 Å². The number of rotatable bonds is 7. The minimum absolute atomic E-state index is 0.309. The number of nitrogens with one attached hydrogen (secondary N) is 2. The number of carbonyl (C=O) groups excluding carboxylic acids is 2. The van der Waals surface area contributed by atoms with E-state index < -0.39 is 5.91 Å². The van der Waals surface area contributed by atoms with Crippen LogP contribution in [0, 0.1) is 0 Å². The van der Waals surface area contributed by atoms with Crippen LogP contribution in [0.4, 0.5) is 5.69 Å². The number of para-hydroxylation sites is 1. The Labute approximate surface area is 174 Å². The Morgan fingerprint density at radius 1 is 0.867 bits per heavy atom. The number of hydrogen-bond donors (Lipinski definition) is 2. The molecule has 6 heteroatoms. The summed E-state index contributed by atoms with van der Waals surface area (Å²) in [6, 6.07) is 23.2. The maximum absolute atomic E-state index is 12.5. The highest BCUT2D eigenvalue weighted by atomic mass is 16.5. The van der Waals surface area contributed by atoms with Crippen molar-refractivity contribution in [3.05, 3.63) is 102 Å². The molecule has 0 heterocycles. The zero-order valence-corrected chi connectivity index (χ0v) is 16.4. The average Bonchev–Trinajstić information content (AvgIpc) is 2.80. The summed E-state index contributed by atoms with van der Waals surface area (Å²) in [5.41, 5.74) is 4.65. The van der Waals surface area contributed by atoms with Crippen LogP contribution in [0.5, 0.6) is 5.75 Å². The third-order valence-corrected chi connectivity index (χ3v) is 4.19. The van der Waals surface area contributed by atoms with Gasteiger partial charge in [-0.25, -0.2) is 5.43 Å². The molecule has 0 aliphatic heterocycles. The van der Waals surface area contributed by atoms with Crippen molar-refractivity contribution in [2.75, 3.05) is 12.4 Å². The minimum atomic E-state index is -0.426. The lowest BCUT2D eigenvalue weighted by atomic mass is 10.1. The molecule has 0 saturated heterocycles. The predicted molar refractivity (Wildman–Crippen MR) is 119 cm³/mol. The number of allylic oxidation sites excluding steroid dienone is 1. The number of methoxy groups -OCH3 is 1. The van der Waals surface area contributed by atoms with Crippen LogP contribution in [0.25, 0.3) is 6.08 Å². The first-order chi connectivity index (χ1) is 14.7. The summed E-state index contributed by atoms with van der Waals surface area (Å²) in [7, 11) is 1.56. The van der Waals surface area contributed by atoms with E-state index in [4.69, 9.17) is 4.74 Å². The number of anilines is 1. The van der Waals surface area contributed by atoms with Crippen LogP contribution in [0.3, 0.4) is 0 Å². The molecule has 150 valence electrons. The van der Waals surface area contributed by atoms with Crippen LogP contribution < -0.4 is 15.5 Å². The first kappa shape index (κ1) is 20.5. The largest absolute Gasteiger partial charge is 0.497 e. The van der Waals surface area contributed by atoms with E-state index in [1.807, 2.05) is 36.4 Å². The maximum Gasteiger partial charge on any atom is 0.273 e. The zero-order valence-electron chi connectivity index (χ0n) is 16.4. The fourth-order valence-electron chi connectivity index (χ4n) is 2.64. The van der Waals surface area contributed by atoms with Crippen LogP contribution >= 0.6 is 0 Å². The third kappa shape index (κ3) is 5.65. The molecule has 3 aromatic rings. The number of amides is 2. The highest BCUT2D eigenvalue weighted by Crippen LogP contribution is 2.17. The van der Waals surface area contributed by atoms with Crippen molar-refractivity contribution in [1.29, 1.82) is 0 Å². The van der Waals surface area contributed by atoms with Crippen LogP contribution in [-0.2, 0) is 0 Å². The summed E-state index contributed by atoms with van der Waals surface area (Å²) in [5.74, 6) is -0.0947. The summed E-state index contributed by atoms with van der Waals surface area (Å²) >= 11 is 0. The molecule has 0 atom stereocenters. The quantitative estimate of drug-likeness (QED) is 0.457. The molecule has 0 aromatic heterocycles. The second kappa shape index (κ2) is 10.4. The standard InChI is InChI=1S/C24H21N3O3/c1-30-20-15-13-19(14-16-20)23(28)26-22-12-6-5-11-21(22)24(29)27-25-17-7-10-18-8-3-2-4-9-18/h2-17H,1H3,(H,26,28)(H,27,29)/b10-7+,25-17-. The molecule has 6 nitrogen and oxygen atoms in total. The van der Waals surface area contributed by atoms with Gasteiger partial charge in [0.05, 0.1) is 18.4 Å². The van der Waals surface area contributed by atoms with E-state index in [2.05, 4.69) is 15.8 Å². The first-order valence-corrected chi connectivity index (χ1v) is 9.27. The number of hydrazone groups is 1. The van der Waals surface area contributed by atoms with Gasteiger partial charge in [-0.2, -0.15) is 5.10 Å². The second-order valence-electron chi connectivity index (χ2n) is 6.22. The van der Waals surface area contributed by atoms with Crippen molar-refractivity contribution in [3.8, 4) is 5.75 Å². The lowest BCUT2D eigenvalue weighted by Crippen LogP contribution is -2.21. The summed E-state index contributed by atoms with van der Waals surface area (Å²) in [6.45, 7) is 0. The van der Waals surface area contributed by atoms with E-state index in [0.717, 1.165) is 5.56 Å². The maximum atomic E-state index is 12.5. The lowest BCUT2D eigenvalue weighted by Gasteiger charge is -2.10. The fraction of sp³-hybridized carbons (Fsp3) is 0.0417. The lowest BCUT2D eigenvalue weighted by molar-refractivity contribution is 0.0956. The summed E-state index contributed by atoms with van der Waals surface area (Å²) < 4.78 is 5.09. The molecular weight excluding hydrogens is 378 g/mol. The van der Waals surface area contributed by atoms with Gasteiger partial charge in [0.25, 0.3) is 11.8 Å². The van der Waals surface area contributed by atoms with Gasteiger partial charge >= 0.3 is 0 Å². The Balaban J connectivity index is 1.63. The fourth-order valence-corrected chi connectivity index (χ4v) is 2.64. The highest BCUT2D eigenvalue weighted by Gasteiger charge is 2.13. The normalized spacial score (nSPS) is 10.8. The van der Waals surface area contributed by atoms with Gasteiger partial charge < -0.3 is 10.1 Å². The van der Waals surface area contributed by atoms with Gasteiger partial charge in [-0.05, 0) is 48.0 Å². The van der Waals surface area contributed by atoms with Crippen molar-refractivity contribution in [2.24, 2.45) is 5.10 Å². The summed E-state index contributed by atoms with van der Waals surface area (Å²) in [6.07, 6.45) is 5.09. The van der Waals surface area contributed by atoms with E-state index in [1.54, 1.807) is 61.7 Å². The SMILES string of the molecule is COc1ccc(C(=O)Nc2ccccc2C(=O)N/N=C\C=C\c2ccccc2)cc1. The molecule has 0 bridgehead atoms. The topological polar surface area (TPSA) is 79.8 Å². The first-order valence-electron chi connectivity index (χ1n) is 9.27. The molecular formula is C24H21N3O3. The molecule has 0 spiro atoms. The van der Waals surface area contributed by atoms with Crippen molar-refractivity contribution < 1.29 is 14.3 Å². The molecule has 30 heavy (non-hydrogen) atoms. The van der Waals surface area contributed by atoms with E-state index in [9.17, 15) is 9.59 Å². The van der Waals surface area contributed by atoms with Crippen LogP contribution in [0.15, 0.2) is 90.0 Å². The van der Waals surface area contributed by atoms with Gasteiger partial charge in [-0.1, -0.05) is 48.5 Å². The Bertz CT molecular complexity index is 1060. The Hall–Kier alpha value is -4.19. The van der Waals surface area contributed by atoms with Crippen LogP contribution in [0.2, 0.25) is 0 Å². The number of ether oxygens (including phenoxy) is 1. The van der Waals surface area contributed by atoms with Crippen molar-refractivity contribution in [1.82, 2.24) is 5.43 Å². The predicted octanol–water partition coefficient (Wildman–Crippen LogP) is 4.38. The summed E-state index contributed by atoms with van der Waals surface area (Å²) in [5, 5.41) is 6.68. The summed E-state index contributed by atoms with van der Waals surface area (Å²) in [4.78, 5) is 25.0. The highest BCUT2D eigenvalue weighted by molar-refractivity contribution is 6.09. The molecule has 0 unspecified atom stereocenters. The number of nitrogens with zero attached hydrogens (tertiary/aromatic N) is 1. The second-order valence-corrected chi connectivity index (χ2v) is 6.22. The molecule has 3 rings (SSSR count). The van der Waals surface area contributed by atoms with E-state index in [0.29, 0.717) is 22.6 Å². The average molecular weight is 399 g/mol. The molecule has 2 amide bonds. The smallest absolute Gasteiger partial charge is 0.273 e. The molecule has 2 N–H and O–H groups in total. The molecule has 0 aliphatic carbocycles. The zero-order chi connectivity index (χ0) is 21.2.